The van der Waals surface area contributed by atoms with Gasteiger partial charge in [-0.1, -0.05) is 13.8 Å². The van der Waals surface area contributed by atoms with Gasteiger partial charge in [0.1, 0.15) is 11.3 Å². The number of hydrogen-bond donors (Lipinski definition) is 1. The molecule has 0 aliphatic heterocycles. The first-order valence-corrected chi connectivity index (χ1v) is 7.10. The van der Waals surface area contributed by atoms with Crippen molar-refractivity contribution in [1.82, 2.24) is 5.32 Å². The molecule has 96 valence electrons. The third kappa shape index (κ3) is 1.85. The van der Waals surface area contributed by atoms with Gasteiger partial charge >= 0.3 is 0 Å². The fraction of sp³-hybridized carbons (Fsp3) is 0.500. The standard InChI is InChI=1S/C16H21NO/c1-3-13-14-8-11-6-5-7-12(11)9-15(14)18-16(13)10-17-4-2/h8-9,17H,3-7,10H2,1-2H3. The van der Waals surface area contributed by atoms with E-state index in [1.165, 1.54) is 41.3 Å². The molecule has 1 aliphatic rings. The van der Waals surface area contributed by atoms with E-state index in [9.17, 15) is 0 Å². The number of furan rings is 1. The number of rotatable bonds is 4. The quantitative estimate of drug-likeness (QED) is 0.887. The zero-order valence-electron chi connectivity index (χ0n) is 11.3. The molecule has 0 saturated heterocycles. The second-order valence-electron chi connectivity index (χ2n) is 5.11. The third-order valence-corrected chi connectivity index (χ3v) is 3.98. The molecule has 0 fully saturated rings. The highest BCUT2D eigenvalue weighted by atomic mass is 16.3. The van der Waals surface area contributed by atoms with Crippen LogP contribution in [0.1, 0.15) is 42.7 Å². The molecule has 0 amide bonds. The number of benzene rings is 1. The molecule has 1 heterocycles. The maximum atomic E-state index is 6.05. The molecule has 1 aromatic heterocycles. The van der Waals surface area contributed by atoms with Crippen LogP contribution < -0.4 is 5.32 Å². The van der Waals surface area contributed by atoms with Crippen molar-refractivity contribution in [1.29, 1.82) is 0 Å². The lowest BCUT2D eigenvalue weighted by Crippen LogP contribution is -2.12. The molecule has 1 aromatic carbocycles. The van der Waals surface area contributed by atoms with Crippen molar-refractivity contribution in [2.45, 2.75) is 46.1 Å². The number of aryl methyl sites for hydroxylation is 3. The Morgan fingerprint density at radius 3 is 2.67 bits per heavy atom. The van der Waals surface area contributed by atoms with E-state index < -0.39 is 0 Å². The molecule has 0 radical (unpaired) electrons. The van der Waals surface area contributed by atoms with Crippen LogP contribution in [0.2, 0.25) is 0 Å². The van der Waals surface area contributed by atoms with E-state index in [4.69, 9.17) is 4.42 Å². The minimum absolute atomic E-state index is 0.846. The Bertz CT molecular complexity index is 568. The summed E-state index contributed by atoms with van der Waals surface area (Å²) in [5.74, 6) is 1.12. The molecule has 18 heavy (non-hydrogen) atoms. The summed E-state index contributed by atoms with van der Waals surface area (Å²) in [7, 11) is 0. The van der Waals surface area contributed by atoms with E-state index in [0.717, 1.165) is 30.9 Å². The fourth-order valence-corrected chi connectivity index (χ4v) is 3.04. The van der Waals surface area contributed by atoms with Gasteiger partial charge < -0.3 is 9.73 Å². The summed E-state index contributed by atoms with van der Waals surface area (Å²) in [6.45, 7) is 6.17. The smallest absolute Gasteiger partial charge is 0.134 e. The van der Waals surface area contributed by atoms with Gasteiger partial charge in [0.25, 0.3) is 0 Å². The van der Waals surface area contributed by atoms with Crippen molar-refractivity contribution in [3.05, 3.63) is 34.6 Å². The van der Waals surface area contributed by atoms with E-state index in [2.05, 4.69) is 31.3 Å². The number of nitrogens with one attached hydrogen (secondary N) is 1. The predicted octanol–water partition coefficient (Wildman–Crippen LogP) is 3.59. The minimum atomic E-state index is 0.846. The first kappa shape index (κ1) is 11.8. The van der Waals surface area contributed by atoms with E-state index in [-0.39, 0.29) is 0 Å². The van der Waals surface area contributed by atoms with Gasteiger partial charge in [0.2, 0.25) is 0 Å². The highest BCUT2D eigenvalue weighted by Gasteiger charge is 2.17. The molecule has 0 saturated carbocycles. The van der Waals surface area contributed by atoms with Crippen LogP contribution in [-0.2, 0) is 25.8 Å². The predicted molar refractivity (Wildman–Crippen MR) is 75.0 cm³/mol. The Morgan fingerprint density at radius 2 is 1.94 bits per heavy atom. The van der Waals surface area contributed by atoms with Crippen LogP contribution in [0.4, 0.5) is 0 Å². The van der Waals surface area contributed by atoms with Crippen molar-refractivity contribution in [3.8, 4) is 0 Å². The molecule has 0 atom stereocenters. The average molecular weight is 243 g/mol. The van der Waals surface area contributed by atoms with Gasteiger partial charge in [0.15, 0.2) is 0 Å². The van der Waals surface area contributed by atoms with E-state index in [1.807, 2.05) is 0 Å². The summed E-state index contributed by atoms with van der Waals surface area (Å²) in [6, 6.07) is 4.64. The Balaban J connectivity index is 2.10. The van der Waals surface area contributed by atoms with Crippen molar-refractivity contribution in [2.24, 2.45) is 0 Å². The van der Waals surface area contributed by atoms with Gasteiger partial charge in [-0.2, -0.15) is 0 Å². The molecule has 0 spiro atoms. The zero-order chi connectivity index (χ0) is 12.5. The monoisotopic (exact) mass is 243 g/mol. The van der Waals surface area contributed by atoms with Crippen LogP contribution in [0.25, 0.3) is 11.0 Å². The molecule has 0 bridgehead atoms. The van der Waals surface area contributed by atoms with Crippen molar-refractivity contribution < 1.29 is 4.42 Å². The summed E-state index contributed by atoms with van der Waals surface area (Å²) < 4.78 is 6.05. The van der Waals surface area contributed by atoms with Gasteiger partial charge in [0, 0.05) is 10.9 Å². The Hall–Kier alpha value is -1.28. The van der Waals surface area contributed by atoms with Crippen molar-refractivity contribution >= 4 is 11.0 Å². The van der Waals surface area contributed by atoms with Gasteiger partial charge in [-0.25, -0.2) is 0 Å². The van der Waals surface area contributed by atoms with Crippen LogP contribution in [0.15, 0.2) is 16.5 Å². The van der Waals surface area contributed by atoms with E-state index in [1.54, 1.807) is 0 Å². The highest BCUT2D eigenvalue weighted by Crippen LogP contribution is 2.32. The lowest BCUT2D eigenvalue weighted by molar-refractivity contribution is 0.514. The van der Waals surface area contributed by atoms with Crippen LogP contribution >= 0.6 is 0 Å². The zero-order valence-corrected chi connectivity index (χ0v) is 11.3. The third-order valence-electron chi connectivity index (χ3n) is 3.98. The molecule has 0 unspecified atom stereocenters. The first-order valence-electron chi connectivity index (χ1n) is 7.10. The average Bonchev–Trinajstić information content (AvgIpc) is 2.95. The Labute approximate surface area is 108 Å². The normalized spacial score (nSPS) is 14.3. The molecular weight excluding hydrogens is 222 g/mol. The molecule has 2 aromatic rings. The Kier molecular flexibility index (Phi) is 3.13. The second-order valence-corrected chi connectivity index (χ2v) is 5.11. The van der Waals surface area contributed by atoms with Crippen molar-refractivity contribution in [3.63, 3.8) is 0 Å². The van der Waals surface area contributed by atoms with Crippen LogP contribution in [0.5, 0.6) is 0 Å². The number of hydrogen-bond acceptors (Lipinski definition) is 2. The van der Waals surface area contributed by atoms with E-state index in [0.29, 0.717) is 0 Å². The summed E-state index contributed by atoms with van der Waals surface area (Å²) in [4.78, 5) is 0. The first-order chi connectivity index (χ1) is 8.83. The molecule has 1 N–H and O–H groups in total. The molecule has 2 heteroatoms. The molecule has 3 rings (SSSR count). The van der Waals surface area contributed by atoms with E-state index >= 15 is 0 Å². The maximum absolute atomic E-state index is 6.05. The van der Waals surface area contributed by atoms with Crippen LogP contribution in [0.3, 0.4) is 0 Å². The topological polar surface area (TPSA) is 25.2 Å². The minimum Gasteiger partial charge on any atom is -0.459 e. The van der Waals surface area contributed by atoms with Gasteiger partial charge in [-0.3, -0.25) is 0 Å². The van der Waals surface area contributed by atoms with Crippen LogP contribution in [0, 0.1) is 0 Å². The highest BCUT2D eigenvalue weighted by molar-refractivity contribution is 5.84. The summed E-state index contributed by atoms with van der Waals surface area (Å²) in [5, 5.41) is 4.70. The lowest BCUT2D eigenvalue weighted by Gasteiger charge is -2.01. The van der Waals surface area contributed by atoms with Gasteiger partial charge in [-0.05, 0) is 55.5 Å². The maximum Gasteiger partial charge on any atom is 0.134 e. The molecular formula is C16H21NO. The largest absolute Gasteiger partial charge is 0.459 e. The fourth-order valence-electron chi connectivity index (χ4n) is 3.04. The second kappa shape index (κ2) is 4.77. The summed E-state index contributed by atoms with van der Waals surface area (Å²) >= 11 is 0. The van der Waals surface area contributed by atoms with Gasteiger partial charge in [-0.15, -0.1) is 0 Å². The lowest BCUT2D eigenvalue weighted by atomic mass is 10.0. The molecule has 2 nitrogen and oxygen atoms in total. The summed E-state index contributed by atoms with van der Waals surface area (Å²) in [6.07, 6.45) is 4.80. The SMILES string of the molecule is CCNCc1oc2cc3c(cc2c1CC)CCC3. The number of fused-ring (bicyclic) bond motifs is 2. The Morgan fingerprint density at radius 1 is 1.17 bits per heavy atom. The van der Waals surface area contributed by atoms with Crippen molar-refractivity contribution in [2.75, 3.05) is 6.54 Å². The molecule has 1 aliphatic carbocycles. The van der Waals surface area contributed by atoms with Crippen LogP contribution in [-0.4, -0.2) is 6.54 Å². The van der Waals surface area contributed by atoms with Gasteiger partial charge in [0.05, 0.1) is 6.54 Å². The summed E-state index contributed by atoms with van der Waals surface area (Å²) in [5.41, 5.74) is 5.50.